The van der Waals surface area contributed by atoms with Crippen LogP contribution in [0.1, 0.15) is 27.3 Å². The highest BCUT2D eigenvalue weighted by Crippen LogP contribution is 2.26. The van der Waals surface area contributed by atoms with Crippen LogP contribution in [-0.2, 0) is 10.0 Å². The minimum absolute atomic E-state index is 0.0359. The maximum Gasteiger partial charge on any atom is 0.269 e. The van der Waals surface area contributed by atoms with Crippen LogP contribution < -0.4 is 15.6 Å². The Morgan fingerprint density at radius 1 is 0.967 bits per heavy atom. The van der Waals surface area contributed by atoms with Gasteiger partial charge >= 0.3 is 0 Å². The summed E-state index contributed by atoms with van der Waals surface area (Å²) in [5, 5.41) is 0. The van der Waals surface area contributed by atoms with Crippen LogP contribution in [0.25, 0.3) is 0 Å². The number of carbonyl (C=O) groups excluding carboxylic acids is 1. The molecule has 0 spiro atoms. The Bertz CT molecular complexity index is 1190. The zero-order valence-corrected chi connectivity index (χ0v) is 18.9. The molecule has 8 nitrogen and oxygen atoms in total. The molecule has 156 valence electrons. The number of nitrogens with zero attached hydrogens (tertiary/aromatic N) is 2. The largest absolute Gasteiger partial charge is 0.278 e. The Balaban J connectivity index is 1.77. The molecule has 1 aromatic heterocycles. The van der Waals surface area contributed by atoms with Gasteiger partial charge in [-0.3, -0.25) is 20.4 Å². The summed E-state index contributed by atoms with van der Waals surface area (Å²) in [6.45, 7) is 5.49. The number of anilines is 2. The number of sulfonamides is 1. The number of benzene rings is 2. The fraction of sp³-hybridized carbons (Fsp3) is 0.150. The molecule has 10 heteroatoms. The monoisotopic (exact) mass is 489 g/mol. The van der Waals surface area contributed by atoms with E-state index < -0.39 is 15.9 Å². The number of halogens is 1. The molecular formula is C20H20BrN5O3S. The molecule has 2 aromatic carbocycles. The Morgan fingerprint density at radius 2 is 1.67 bits per heavy atom. The molecule has 0 aliphatic carbocycles. The van der Waals surface area contributed by atoms with Gasteiger partial charge in [0.15, 0.2) is 0 Å². The first-order valence-corrected chi connectivity index (χ1v) is 11.2. The predicted molar refractivity (Wildman–Crippen MR) is 119 cm³/mol. The van der Waals surface area contributed by atoms with Gasteiger partial charge in [0.25, 0.3) is 15.9 Å². The van der Waals surface area contributed by atoms with Crippen molar-refractivity contribution in [2.24, 2.45) is 0 Å². The van der Waals surface area contributed by atoms with Gasteiger partial charge in [-0.25, -0.2) is 18.4 Å². The number of hydrogen-bond acceptors (Lipinski definition) is 6. The first-order chi connectivity index (χ1) is 14.1. The van der Waals surface area contributed by atoms with Gasteiger partial charge in [0.2, 0.25) is 5.95 Å². The molecule has 3 aromatic rings. The fourth-order valence-electron chi connectivity index (χ4n) is 2.69. The molecule has 0 atom stereocenters. The van der Waals surface area contributed by atoms with Crippen molar-refractivity contribution in [3.8, 4) is 0 Å². The van der Waals surface area contributed by atoms with Crippen LogP contribution in [0.4, 0.5) is 11.6 Å². The van der Waals surface area contributed by atoms with Gasteiger partial charge in [-0.2, -0.15) is 0 Å². The molecule has 0 fully saturated rings. The van der Waals surface area contributed by atoms with Gasteiger partial charge in [0, 0.05) is 21.4 Å². The van der Waals surface area contributed by atoms with Gasteiger partial charge in [-0.1, -0.05) is 12.1 Å². The zero-order valence-electron chi connectivity index (χ0n) is 16.5. The predicted octanol–water partition coefficient (Wildman–Crippen LogP) is 3.72. The first kappa shape index (κ1) is 21.7. The molecule has 0 unspecified atom stereocenters. The Hall–Kier alpha value is -2.98. The molecule has 0 aliphatic rings. The van der Waals surface area contributed by atoms with E-state index in [1.165, 1.54) is 24.3 Å². The molecule has 3 N–H and O–H groups in total. The highest BCUT2D eigenvalue weighted by molar-refractivity contribution is 9.10. The van der Waals surface area contributed by atoms with Crippen molar-refractivity contribution in [3.63, 3.8) is 0 Å². The number of carbonyl (C=O) groups is 1. The molecule has 3 rings (SSSR count). The summed E-state index contributed by atoms with van der Waals surface area (Å²) in [5.74, 6) is -0.276. The van der Waals surface area contributed by atoms with Crippen LogP contribution in [0.2, 0.25) is 0 Å². The lowest BCUT2D eigenvalue weighted by atomic mass is 10.2. The second-order valence-electron chi connectivity index (χ2n) is 6.67. The maximum absolute atomic E-state index is 12.8. The number of hydrazine groups is 1. The number of aryl methyl sites for hydroxylation is 3. The molecule has 0 saturated heterocycles. The van der Waals surface area contributed by atoms with Crippen LogP contribution >= 0.6 is 15.9 Å². The van der Waals surface area contributed by atoms with E-state index in [-0.39, 0.29) is 16.4 Å². The number of nitrogens with one attached hydrogen (secondary N) is 3. The molecule has 0 radical (unpaired) electrons. The molecule has 1 heterocycles. The lowest BCUT2D eigenvalue weighted by Gasteiger charge is -2.12. The third-order valence-corrected chi connectivity index (χ3v) is 6.10. The standard InChI is InChI=1S/C20H20BrN5O3S/c1-12-7-8-17(21)18(9-12)26-30(28,29)16-6-4-5-15(11-16)19(27)24-25-20-22-13(2)10-14(3)23-20/h4-11,26H,1-3H3,(H,24,27)(H,22,23,25). The number of aromatic nitrogens is 2. The average Bonchev–Trinajstić information content (AvgIpc) is 2.68. The third-order valence-electron chi connectivity index (χ3n) is 4.04. The van der Waals surface area contributed by atoms with Crippen LogP contribution in [0, 0.1) is 20.8 Å². The summed E-state index contributed by atoms with van der Waals surface area (Å²) in [5.41, 5.74) is 8.11. The van der Waals surface area contributed by atoms with Gasteiger partial charge < -0.3 is 0 Å². The van der Waals surface area contributed by atoms with Crippen molar-refractivity contribution in [1.82, 2.24) is 15.4 Å². The normalized spacial score (nSPS) is 11.1. The number of hydrogen-bond donors (Lipinski definition) is 3. The van der Waals surface area contributed by atoms with E-state index in [2.05, 4.69) is 41.5 Å². The minimum atomic E-state index is -3.89. The summed E-state index contributed by atoms with van der Waals surface area (Å²) >= 11 is 3.33. The second kappa shape index (κ2) is 8.80. The third kappa shape index (κ3) is 5.33. The highest BCUT2D eigenvalue weighted by atomic mass is 79.9. The molecule has 0 aliphatic heterocycles. The summed E-state index contributed by atoms with van der Waals surface area (Å²) in [4.78, 5) is 20.8. The molecule has 0 bridgehead atoms. The van der Waals surface area contributed by atoms with E-state index in [4.69, 9.17) is 0 Å². The molecule has 0 saturated carbocycles. The van der Waals surface area contributed by atoms with Crippen molar-refractivity contribution < 1.29 is 13.2 Å². The Morgan fingerprint density at radius 3 is 2.37 bits per heavy atom. The van der Waals surface area contributed by atoms with Crippen molar-refractivity contribution in [1.29, 1.82) is 0 Å². The summed E-state index contributed by atoms with van der Waals surface area (Å²) in [6.07, 6.45) is 0. The van der Waals surface area contributed by atoms with Crippen molar-refractivity contribution >= 4 is 43.5 Å². The summed E-state index contributed by atoms with van der Waals surface area (Å²) in [6, 6.07) is 12.9. The number of amides is 1. The van der Waals surface area contributed by atoms with Gasteiger partial charge in [-0.15, -0.1) is 0 Å². The smallest absolute Gasteiger partial charge is 0.269 e. The van der Waals surface area contributed by atoms with E-state index in [0.717, 1.165) is 17.0 Å². The zero-order chi connectivity index (χ0) is 21.9. The van der Waals surface area contributed by atoms with Crippen molar-refractivity contribution in [3.05, 3.63) is 75.5 Å². The van der Waals surface area contributed by atoms with E-state index in [9.17, 15) is 13.2 Å². The van der Waals surface area contributed by atoms with E-state index in [0.29, 0.717) is 10.2 Å². The number of rotatable bonds is 6. The SMILES string of the molecule is Cc1ccc(Br)c(NS(=O)(=O)c2cccc(C(=O)NNc3nc(C)cc(C)n3)c2)c1. The van der Waals surface area contributed by atoms with Crippen molar-refractivity contribution in [2.75, 3.05) is 10.1 Å². The quantitative estimate of drug-likeness (QED) is 0.454. The lowest BCUT2D eigenvalue weighted by molar-refractivity contribution is 0.0962. The summed E-state index contributed by atoms with van der Waals surface area (Å²) in [7, 11) is -3.89. The maximum atomic E-state index is 12.8. The van der Waals surface area contributed by atoms with Crippen molar-refractivity contribution in [2.45, 2.75) is 25.7 Å². The van der Waals surface area contributed by atoms with Crippen LogP contribution in [-0.4, -0.2) is 24.3 Å². The molecule has 1 amide bonds. The van der Waals surface area contributed by atoms with Crippen LogP contribution in [0.5, 0.6) is 0 Å². The van der Waals surface area contributed by atoms with Gasteiger partial charge in [0.1, 0.15) is 0 Å². The molecular weight excluding hydrogens is 470 g/mol. The summed E-state index contributed by atoms with van der Waals surface area (Å²) < 4.78 is 28.7. The minimum Gasteiger partial charge on any atom is -0.278 e. The van der Waals surface area contributed by atoms with Gasteiger partial charge in [0.05, 0.1) is 10.6 Å². The van der Waals surface area contributed by atoms with Crippen LogP contribution in [0.15, 0.2) is 57.9 Å². The fourth-order valence-corrected chi connectivity index (χ4v) is 4.29. The second-order valence-corrected chi connectivity index (χ2v) is 9.21. The molecule has 30 heavy (non-hydrogen) atoms. The topological polar surface area (TPSA) is 113 Å². The highest BCUT2D eigenvalue weighted by Gasteiger charge is 2.18. The van der Waals surface area contributed by atoms with E-state index >= 15 is 0 Å². The van der Waals surface area contributed by atoms with E-state index in [1.54, 1.807) is 18.2 Å². The Kier molecular flexibility index (Phi) is 6.37. The average molecular weight is 490 g/mol. The van der Waals surface area contributed by atoms with Gasteiger partial charge in [-0.05, 0) is 78.7 Å². The van der Waals surface area contributed by atoms with Crippen LogP contribution in [0.3, 0.4) is 0 Å². The first-order valence-electron chi connectivity index (χ1n) is 8.92. The Labute approximate surface area is 183 Å². The van der Waals surface area contributed by atoms with E-state index in [1.807, 2.05) is 26.8 Å². The lowest BCUT2D eigenvalue weighted by Crippen LogP contribution is -2.30.